The Kier molecular flexibility index (Phi) is 6.44. The van der Waals surface area contributed by atoms with Crippen molar-refractivity contribution in [1.29, 1.82) is 5.41 Å². The Bertz CT molecular complexity index is 2670. The van der Waals surface area contributed by atoms with E-state index in [0.29, 0.717) is 5.84 Å². The van der Waals surface area contributed by atoms with E-state index in [4.69, 9.17) is 4.99 Å². The number of fused-ring (bicyclic) bond motifs is 8. The van der Waals surface area contributed by atoms with Gasteiger partial charge in [-0.05, 0) is 46.2 Å². The Morgan fingerprint density at radius 3 is 2.09 bits per heavy atom. The van der Waals surface area contributed by atoms with E-state index in [0.717, 1.165) is 43.4 Å². The summed E-state index contributed by atoms with van der Waals surface area (Å²) in [5.74, 6) is 0.802. The van der Waals surface area contributed by atoms with Gasteiger partial charge in [0.05, 0.1) is 11.0 Å². The Balaban J connectivity index is 1.23. The first kappa shape index (κ1) is 27.3. The van der Waals surface area contributed by atoms with Gasteiger partial charge in [-0.2, -0.15) is 0 Å². The average molecular weight is 621 g/mol. The van der Waals surface area contributed by atoms with E-state index in [1.165, 1.54) is 31.6 Å². The largest absolute Gasteiger partial charge is 0.282 e. The molecule has 0 aliphatic heterocycles. The Hall–Kier alpha value is -6.04. The van der Waals surface area contributed by atoms with E-state index >= 15 is 0 Å². The topological polar surface area (TPSA) is 53.2 Å². The van der Waals surface area contributed by atoms with Gasteiger partial charge in [-0.15, -0.1) is 11.3 Å². The minimum absolute atomic E-state index is 0.201. The number of thiophene rings is 1. The molecule has 0 fully saturated rings. The summed E-state index contributed by atoms with van der Waals surface area (Å²) < 4.78 is 4.54. The Morgan fingerprint density at radius 1 is 0.532 bits per heavy atom. The van der Waals surface area contributed by atoms with Crippen LogP contribution in [-0.4, -0.2) is 16.3 Å². The van der Waals surface area contributed by atoms with Crippen molar-refractivity contribution in [2.45, 2.75) is 0 Å². The van der Waals surface area contributed by atoms with Crippen LogP contribution in [0.15, 0.2) is 163 Å². The highest BCUT2D eigenvalue weighted by atomic mass is 32.1. The lowest BCUT2D eigenvalue weighted by molar-refractivity contribution is 1.08. The molecule has 47 heavy (non-hydrogen) atoms. The number of benzene rings is 7. The first-order valence-corrected chi connectivity index (χ1v) is 16.5. The van der Waals surface area contributed by atoms with Crippen LogP contribution in [-0.2, 0) is 0 Å². The third kappa shape index (κ3) is 4.68. The van der Waals surface area contributed by atoms with Gasteiger partial charge in [0.25, 0.3) is 0 Å². The van der Waals surface area contributed by atoms with E-state index in [2.05, 4.69) is 125 Å². The molecule has 0 atom stereocenters. The van der Waals surface area contributed by atoms with Crippen LogP contribution in [0.1, 0.15) is 11.1 Å². The maximum Gasteiger partial charge on any atom is 0.154 e. The van der Waals surface area contributed by atoms with Gasteiger partial charge in [0.1, 0.15) is 0 Å². The summed E-state index contributed by atoms with van der Waals surface area (Å²) in [6.07, 6.45) is 0. The summed E-state index contributed by atoms with van der Waals surface area (Å²) in [7, 11) is 0. The highest BCUT2D eigenvalue weighted by Gasteiger charge is 2.17. The first-order valence-electron chi connectivity index (χ1n) is 15.6. The predicted octanol–water partition coefficient (Wildman–Crippen LogP) is 11.0. The molecule has 0 amide bonds. The molecule has 222 valence electrons. The van der Waals surface area contributed by atoms with Crippen molar-refractivity contribution in [2.75, 3.05) is 5.43 Å². The van der Waals surface area contributed by atoms with Gasteiger partial charge in [-0.3, -0.25) is 15.5 Å². The van der Waals surface area contributed by atoms with Crippen molar-refractivity contribution >= 4 is 75.8 Å². The van der Waals surface area contributed by atoms with Gasteiger partial charge in [0.15, 0.2) is 11.7 Å². The quantitative estimate of drug-likeness (QED) is 0.149. The lowest BCUT2D eigenvalue weighted by Crippen LogP contribution is -2.25. The fraction of sp³-hybridized carbons (Fsp3) is 0. The van der Waals surface area contributed by atoms with Crippen LogP contribution in [0.5, 0.6) is 0 Å². The molecule has 0 radical (unpaired) electrons. The van der Waals surface area contributed by atoms with Gasteiger partial charge in [0.2, 0.25) is 0 Å². The third-order valence-corrected chi connectivity index (χ3v) is 10.0. The number of hydrogen-bond acceptors (Lipinski definition) is 2. The fourth-order valence-corrected chi connectivity index (χ4v) is 7.77. The second-order valence-corrected chi connectivity index (χ2v) is 12.8. The summed E-state index contributed by atoms with van der Waals surface area (Å²) in [6, 6.07) is 54.8. The predicted molar refractivity (Wildman–Crippen MR) is 201 cm³/mol. The van der Waals surface area contributed by atoms with Gasteiger partial charge in [0, 0.05) is 42.1 Å². The van der Waals surface area contributed by atoms with E-state index in [9.17, 15) is 5.41 Å². The fourth-order valence-electron chi connectivity index (χ4n) is 6.62. The maximum absolute atomic E-state index is 9.20. The normalized spacial score (nSPS) is 12.0. The van der Waals surface area contributed by atoms with Crippen LogP contribution in [0.3, 0.4) is 0 Å². The molecule has 0 spiro atoms. The molecule has 2 heterocycles. The molecule has 0 saturated heterocycles. The zero-order valence-corrected chi connectivity index (χ0v) is 26.1. The smallest absolute Gasteiger partial charge is 0.154 e. The number of aromatic nitrogens is 1. The van der Waals surface area contributed by atoms with Crippen molar-refractivity contribution in [3.63, 3.8) is 0 Å². The summed E-state index contributed by atoms with van der Waals surface area (Å²) in [6.45, 7) is 0. The number of aliphatic imine (C=N–C) groups is 1. The molecule has 9 rings (SSSR count). The lowest BCUT2D eigenvalue weighted by atomic mass is 10.0. The van der Waals surface area contributed by atoms with Crippen LogP contribution in [0.4, 0.5) is 0 Å². The van der Waals surface area contributed by atoms with Crippen molar-refractivity contribution in [2.24, 2.45) is 4.99 Å². The van der Waals surface area contributed by atoms with Crippen LogP contribution in [0.25, 0.3) is 63.9 Å². The lowest BCUT2D eigenvalue weighted by Gasteiger charge is -2.15. The summed E-state index contributed by atoms with van der Waals surface area (Å²) >= 11 is 1.75. The van der Waals surface area contributed by atoms with Crippen LogP contribution in [0, 0.1) is 5.41 Å². The van der Waals surface area contributed by atoms with Crippen molar-refractivity contribution < 1.29 is 0 Å². The summed E-state index contributed by atoms with van der Waals surface area (Å²) in [4.78, 5) is 4.98. The molecule has 0 aliphatic rings. The minimum atomic E-state index is 0.201. The minimum Gasteiger partial charge on any atom is -0.282 e. The van der Waals surface area contributed by atoms with Gasteiger partial charge < -0.3 is 0 Å². The van der Waals surface area contributed by atoms with E-state index in [1.54, 1.807) is 11.3 Å². The molecule has 9 aromatic rings. The van der Waals surface area contributed by atoms with Gasteiger partial charge in [-0.1, -0.05) is 133 Å². The SMILES string of the molecule is N=C(N=C(Nn1c2cc(-c3ccccc3)ccc2c2c3ccccc3ccc21)c1ccccc1)c1ccc2c(c1)sc1ccccc12. The van der Waals surface area contributed by atoms with E-state index in [1.807, 2.05) is 42.5 Å². The zero-order valence-electron chi connectivity index (χ0n) is 25.3. The molecule has 7 aromatic carbocycles. The van der Waals surface area contributed by atoms with Crippen LogP contribution >= 0.6 is 11.3 Å². The maximum atomic E-state index is 9.20. The Morgan fingerprint density at radius 2 is 1.23 bits per heavy atom. The number of hydrogen-bond donors (Lipinski definition) is 2. The highest BCUT2D eigenvalue weighted by Crippen LogP contribution is 2.37. The second-order valence-electron chi connectivity index (χ2n) is 11.7. The number of nitrogens with zero attached hydrogens (tertiary/aromatic N) is 2. The summed E-state index contributed by atoms with van der Waals surface area (Å²) in [5.41, 5.74) is 9.75. The molecule has 0 bridgehead atoms. The molecule has 2 aromatic heterocycles. The molecule has 2 N–H and O–H groups in total. The number of rotatable bonds is 4. The standard InChI is InChI=1S/C42H28N4S/c43-41(31-20-22-34-33-17-9-10-18-38(33)47-39(34)26-31)44-42(29-14-5-2-6-15-29)45-46-36-24-21-28-13-7-8-16-32(28)40(36)35-23-19-30(25-37(35)46)27-11-3-1-4-12-27/h1-26H,(H2,43,44,45). The molecule has 5 heteroatoms. The molecule has 0 saturated carbocycles. The van der Waals surface area contributed by atoms with Crippen molar-refractivity contribution in [3.05, 3.63) is 169 Å². The number of amidine groups is 2. The van der Waals surface area contributed by atoms with Crippen molar-refractivity contribution in [3.8, 4) is 11.1 Å². The average Bonchev–Trinajstić information content (AvgIpc) is 3.67. The van der Waals surface area contributed by atoms with Gasteiger partial charge >= 0.3 is 0 Å². The molecular formula is C42H28N4S. The molecule has 0 aliphatic carbocycles. The zero-order chi connectivity index (χ0) is 31.3. The van der Waals surface area contributed by atoms with Crippen LogP contribution in [0.2, 0.25) is 0 Å². The van der Waals surface area contributed by atoms with Crippen LogP contribution < -0.4 is 5.43 Å². The van der Waals surface area contributed by atoms with E-state index in [-0.39, 0.29) is 5.84 Å². The van der Waals surface area contributed by atoms with E-state index < -0.39 is 0 Å². The molecular weight excluding hydrogens is 593 g/mol. The molecule has 4 nitrogen and oxygen atoms in total. The first-order chi connectivity index (χ1) is 23.2. The monoisotopic (exact) mass is 620 g/mol. The summed E-state index contributed by atoms with van der Waals surface area (Å²) in [5, 5.41) is 16.4. The third-order valence-electron chi connectivity index (χ3n) is 8.90. The van der Waals surface area contributed by atoms with Gasteiger partial charge in [-0.25, -0.2) is 4.99 Å². The Labute approximate surface area is 275 Å². The highest BCUT2D eigenvalue weighted by molar-refractivity contribution is 7.25. The molecule has 0 unspecified atom stereocenters. The van der Waals surface area contributed by atoms with Crippen molar-refractivity contribution in [1.82, 2.24) is 4.68 Å². The number of nitrogens with one attached hydrogen (secondary N) is 2. The second kappa shape index (κ2) is 11.1.